The third-order valence-electron chi connectivity index (χ3n) is 8.34. The number of carboxylic acids is 1. The van der Waals surface area contributed by atoms with Crippen molar-refractivity contribution >= 4 is 40.2 Å². The quantitative estimate of drug-likeness (QED) is 0.210. The Morgan fingerprint density at radius 2 is 1.80 bits per heavy atom. The van der Waals surface area contributed by atoms with Crippen LogP contribution in [0.1, 0.15) is 50.3 Å². The fourth-order valence-electron chi connectivity index (χ4n) is 5.80. The average molecular weight is 626 g/mol. The molecule has 0 atom stereocenters. The van der Waals surface area contributed by atoms with Crippen molar-refractivity contribution in [3.05, 3.63) is 112 Å². The summed E-state index contributed by atoms with van der Waals surface area (Å²) < 4.78 is 4.16. The van der Waals surface area contributed by atoms with Crippen LogP contribution in [0.3, 0.4) is 0 Å². The summed E-state index contributed by atoms with van der Waals surface area (Å²) in [5.74, 6) is -0.0979. The lowest BCUT2D eigenvalue weighted by Gasteiger charge is -2.34. The normalized spacial score (nSPS) is 13.8. The highest BCUT2D eigenvalue weighted by Crippen LogP contribution is 2.24. The van der Waals surface area contributed by atoms with Gasteiger partial charge in [-0.1, -0.05) is 29.8 Å². The number of carboxylic acid groups (broad SMARTS) is 1. The first-order valence-electron chi connectivity index (χ1n) is 15.1. The fourth-order valence-corrected chi connectivity index (χ4v) is 6.10. The van der Waals surface area contributed by atoms with Crippen molar-refractivity contribution in [2.45, 2.75) is 40.0 Å². The number of benzene rings is 3. The highest BCUT2D eigenvalue weighted by molar-refractivity contribution is 6.33. The minimum Gasteiger partial charge on any atom is -0.478 e. The summed E-state index contributed by atoms with van der Waals surface area (Å²) in [6, 6.07) is 18.7. The molecule has 2 aromatic heterocycles. The van der Waals surface area contributed by atoms with Gasteiger partial charge < -0.3 is 24.5 Å². The van der Waals surface area contributed by atoms with E-state index in [1.165, 1.54) is 0 Å². The number of piperazine rings is 1. The van der Waals surface area contributed by atoms with Gasteiger partial charge in [-0.2, -0.15) is 0 Å². The second kappa shape index (κ2) is 13.1. The minimum atomic E-state index is -0.969. The third-order valence-corrected chi connectivity index (χ3v) is 8.65. The number of anilines is 1. The topological polar surface area (TPSA) is 109 Å². The molecule has 0 spiro atoms. The smallest absolute Gasteiger partial charge is 0.335 e. The van der Waals surface area contributed by atoms with Gasteiger partial charge in [-0.05, 0) is 67.4 Å². The summed E-state index contributed by atoms with van der Waals surface area (Å²) in [7, 11) is 0. The number of halogens is 1. The van der Waals surface area contributed by atoms with Gasteiger partial charge in [0.1, 0.15) is 5.82 Å². The number of fused-ring (bicyclic) bond motifs is 1. The molecule has 0 bridgehead atoms. The molecule has 1 amide bonds. The number of carbonyl (C=O) groups is 2. The highest BCUT2D eigenvalue weighted by atomic mass is 35.5. The van der Waals surface area contributed by atoms with E-state index in [9.17, 15) is 14.7 Å². The van der Waals surface area contributed by atoms with Crippen molar-refractivity contribution in [1.29, 1.82) is 0 Å². The maximum atomic E-state index is 13.5. The van der Waals surface area contributed by atoms with Gasteiger partial charge in [0.25, 0.3) is 5.91 Å². The molecule has 6 rings (SSSR count). The summed E-state index contributed by atoms with van der Waals surface area (Å²) in [4.78, 5) is 38.6. The molecule has 45 heavy (non-hydrogen) atoms. The van der Waals surface area contributed by atoms with Crippen molar-refractivity contribution in [1.82, 2.24) is 28.9 Å². The van der Waals surface area contributed by atoms with Crippen LogP contribution in [-0.2, 0) is 26.2 Å². The zero-order valence-electron chi connectivity index (χ0n) is 25.4. The molecule has 0 radical (unpaired) electrons. The zero-order chi connectivity index (χ0) is 31.5. The number of hydrogen-bond donors (Lipinski definition) is 2. The van der Waals surface area contributed by atoms with E-state index in [2.05, 4.69) is 31.3 Å². The van der Waals surface area contributed by atoms with Crippen molar-refractivity contribution in [3.8, 4) is 0 Å². The molecule has 0 saturated carbocycles. The Hall–Kier alpha value is -4.67. The van der Waals surface area contributed by atoms with Crippen molar-refractivity contribution in [3.63, 3.8) is 0 Å². The largest absolute Gasteiger partial charge is 0.478 e. The lowest BCUT2D eigenvalue weighted by Crippen LogP contribution is -2.48. The van der Waals surface area contributed by atoms with Gasteiger partial charge in [0.2, 0.25) is 0 Å². The van der Waals surface area contributed by atoms with Crippen molar-refractivity contribution in [2.75, 3.05) is 31.5 Å². The van der Waals surface area contributed by atoms with Gasteiger partial charge in [-0.15, -0.1) is 0 Å². The van der Waals surface area contributed by atoms with Crippen LogP contribution in [0.4, 0.5) is 5.69 Å². The molecule has 0 aliphatic carbocycles. The predicted molar refractivity (Wildman–Crippen MR) is 175 cm³/mol. The lowest BCUT2D eigenvalue weighted by molar-refractivity contribution is 0.0623. The monoisotopic (exact) mass is 625 g/mol. The number of nitrogens with zero attached hydrogens (tertiary/aromatic N) is 6. The molecular formula is C34H36ClN7O3. The number of imidazole rings is 2. The van der Waals surface area contributed by atoms with Gasteiger partial charge in [-0.25, -0.2) is 14.8 Å². The van der Waals surface area contributed by atoms with Gasteiger partial charge in [-0.3, -0.25) is 9.69 Å². The Morgan fingerprint density at radius 1 is 0.978 bits per heavy atom. The summed E-state index contributed by atoms with van der Waals surface area (Å²) in [6.45, 7) is 9.15. The summed E-state index contributed by atoms with van der Waals surface area (Å²) in [5, 5.41) is 13.7. The first kappa shape index (κ1) is 30.4. The van der Waals surface area contributed by atoms with Crippen LogP contribution in [0.2, 0.25) is 5.02 Å². The molecule has 1 fully saturated rings. The Morgan fingerprint density at radius 3 is 2.56 bits per heavy atom. The van der Waals surface area contributed by atoms with Crippen LogP contribution in [0.25, 0.3) is 11.0 Å². The van der Waals surface area contributed by atoms with E-state index >= 15 is 0 Å². The first-order valence-corrected chi connectivity index (χ1v) is 15.5. The van der Waals surface area contributed by atoms with Gasteiger partial charge in [0.15, 0.2) is 0 Å². The van der Waals surface area contributed by atoms with E-state index in [1.807, 2.05) is 60.5 Å². The van der Waals surface area contributed by atoms with Gasteiger partial charge in [0, 0.05) is 51.0 Å². The van der Waals surface area contributed by atoms with E-state index in [4.69, 9.17) is 16.6 Å². The molecule has 1 aliphatic heterocycles. The maximum Gasteiger partial charge on any atom is 0.335 e. The van der Waals surface area contributed by atoms with Crippen LogP contribution < -0.4 is 5.32 Å². The summed E-state index contributed by atoms with van der Waals surface area (Å²) >= 11 is 6.38. The SMILES string of the molecule is CCn1cncc1Cn1c(CN2CCN(C(=O)c3cccc(CNc4ccc(C)cc4Cl)c3)CC2)nc2ccc(C(=O)O)cc21. The molecular weight excluding hydrogens is 590 g/mol. The van der Waals surface area contributed by atoms with Crippen LogP contribution in [-0.4, -0.2) is 72.1 Å². The lowest BCUT2D eigenvalue weighted by atomic mass is 10.1. The molecule has 11 heteroatoms. The van der Waals surface area contributed by atoms with Crippen molar-refractivity contribution in [2.24, 2.45) is 0 Å². The fraction of sp³-hybridized carbons (Fsp3) is 0.294. The predicted octanol–water partition coefficient (Wildman–Crippen LogP) is 5.53. The second-order valence-electron chi connectivity index (χ2n) is 11.4. The Kier molecular flexibility index (Phi) is 8.86. The van der Waals surface area contributed by atoms with E-state index in [-0.39, 0.29) is 11.5 Å². The number of aromatic nitrogens is 4. The highest BCUT2D eigenvalue weighted by Gasteiger charge is 2.24. The summed E-state index contributed by atoms with van der Waals surface area (Å²) in [5.41, 5.74) is 6.42. The third kappa shape index (κ3) is 6.72. The number of carbonyl (C=O) groups excluding carboxylic acids is 1. The minimum absolute atomic E-state index is 0.0196. The first-order chi connectivity index (χ1) is 21.8. The second-order valence-corrected chi connectivity index (χ2v) is 11.8. The Balaban J connectivity index is 1.13. The van der Waals surface area contributed by atoms with E-state index in [0.717, 1.165) is 45.9 Å². The standard InChI is InChI=1S/C34H36ClN7O3/c1-3-40-22-36-19-27(40)20-42-31-17-26(34(44)45)8-10-30(31)38-32(42)21-39-11-13-41(14-12-39)33(43)25-6-4-5-24(16-25)18-37-29-9-7-23(2)15-28(29)35/h4-10,15-17,19,22,37H,3,11-14,18,20-21H2,1-2H3,(H,44,45). The molecule has 10 nitrogen and oxygen atoms in total. The molecule has 1 saturated heterocycles. The molecule has 5 aromatic rings. The molecule has 232 valence electrons. The van der Waals surface area contributed by atoms with Crippen molar-refractivity contribution < 1.29 is 14.7 Å². The molecule has 0 unspecified atom stereocenters. The Bertz CT molecular complexity index is 1860. The van der Waals surface area contributed by atoms with E-state index in [0.29, 0.717) is 56.4 Å². The van der Waals surface area contributed by atoms with Gasteiger partial charge in [0.05, 0.1) is 52.4 Å². The number of aryl methyl sites for hydroxylation is 2. The number of amides is 1. The van der Waals surface area contributed by atoms with E-state index in [1.54, 1.807) is 24.5 Å². The van der Waals surface area contributed by atoms with Crippen LogP contribution in [0.15, 0.2) is 73.2 Å². The van der Waals surface area contributed by atoms with Gasteiger partial charge >= 0.3 is 5.97 Å². The molecule has 1 aliphatic rings. The molecule has 2 N–H and O–H groups in total. The molecule has 3 heterocycles. The number of nitrogens with one attached hydrogen (secondary N) is 1. The van der Waals surface area contributed by atoms with Crippen LogP contribution >= 0.6 is 11.6 Å². The zero-order valence-corrected chi connectivity index (χ0v) is 26.2. The summed E-state index contributed by atoms with van der Waals surface area (Å²) in [6.07, 6.45) is 3.64. The van der Waals surface area contributed by atoms with Crippen LogP contribution in [0, 0.1) is 6.92 Å². The number of aromatic carboxylic acids is 1. The van der Waals surface area contributed by atoms with E-state index < -0.39 is 5.97 Å². The Labute approximate surface area is 266 Å². The number of rotatable bonds is 10. The maximum absolute atomic E-state index is 13.5. The molecule has 3 aromatic carbocycles. The average Bonchev–Trinajstić information content (AvgIpc) is 3.64. The van der Waals surface area contributed by atoms with Crippen LogP contribution in [0.5, 0.6) is 0 Å². The number of hydrogen-bond acceptors (Lipinski definition) is 6.